The molecule has 1 aromatic carbocycles. The van der Waals surface area contributed by atoms with Gasteiger partial charge in [-0.1, -0.05) is 30.3 Å². The third kappa shape index (κ3) is 2.38. The van der Waals surface area contributed by atoms with Crippen LogP contribution in [0.25, 0.3) is 0 Å². The standard InChI is InChI=1S/C14H15NO3/c1-9(16)11-7-8-15-12(14(11)18)13(17)10-5-3-2-4-6-10/h2-6,11-12,15H,7-8H2,1H3. The smallest absolute Gasteiger partial charge is 0.187 e. The monoisotopic (exact) mass is 245 g/mol. The number of carbonyl (C=O) groups excluding carboxylic acids is 3. The third-order valence-electron chi connectivity index (χ3n) is 3.22. The van der Waals surface area contributed by atoms with Crippen LogP contribution in [-0.2, 0) is 9.59 Å². The summed E-state index contributed by atoms with van der Waals surface area (Å²) in [6, 6.07) is 7.79. The van der Waals surface area contributed by atoms with Crippen LogP contribution >= 0.6 is 0 Å². The molecule has 4 heteroatoms. The fourth-order valence-corrected chi connectivity index (χ4v) is 2.21. The van der Waals surface area contributed by atoms with Gasteiger partial charge in [-0.2, -0.15) is 0 Å². The van der Waals surface area contributed by atoms with Crippen molar-refractivity contribution >= 4 is 17.3 Å². The van der Waals surface area contributed by atoms with E-state index in [9.17, 15) is 14.4 Å². The van der Waals surface area contributed by atoms with Gasteiger partial charge in [0.05, 0.1) is 5.92 Å². The predicted octanol–water partition coefficient (Wildman–Crippen LogP) is 1.01. The molecule has 1 aromatic rings. The van der Waals surface area contributed by atoms with Gasteiger partial charge in [0, 0.05) is 5.56 Å². The van der Waals surface area contributed by atoms with Gasteiger partial charge >= 0.3 is 0 Å². The molecule has 2 atom stereocenters. The van der Waals surface area contributed by atoms with E-state index < -0.39 is 12.0 Å². The van der Waals surface area contributed by atoms with Crippen LogP contribution in [0.15, 0.2) is 30.3 Å². The number of carbonyl (C=O) groups is 3. The van der Waals surface area contributed by atoms with Gasteiger partial charge < -0.3 is 5.32 Å². The number of hydrogen-bond acceptors (Lipinski definition) is 4. The number of benzene rings is 1. The largest absolute Gasteiger partial charge is 0.301 e. The molecule has 1 saturated heterocycles. The lowest BCUT2D eigenvalue weighted by molar-refractivity contribution is -0.133. The molecule has 0 bridgehead atoms. The van der Waals surface area contributed by atoms with E-state index in [1.165, 1.54) is 6.92 Å². The molecule has 2 rings (SSSR count). The Morgan fingerprint density at radius 1 is 1.22 bits per heavy atom. The molecule has 1 N–H and O–H groups in total. The van der Waals surface area contributed by atoms with Crippen LogP contribution in [0.5, 0.6) is 0 Å². The van der Waals surface area contributed by atoms with Crippen LogP contribution in [0.3, 0.4) is 0 Å². The maximum atomic E-state index is 12.2. The summed E-state index contributed by atoms with van der Waals surface area (Å²) in [5.41, 5.74) is 0.493. The molecule has 4 nitrogen and oxygen atoms in total. The van der Waals surface area contributed by atoms with Crippen LogP contribution in [-0.4, -0.2) is 29.9 Å². The lowest BCUT2D eigenvalue weighted by Crippen LogP contribution is -2.52. The van der Waals surface area contributed by atoms with Gasteiger partial charge in [-0.3, -0.25) is 14.4 Å². The van der Waals surface area contributed by atoms with E-state index in [4.69, 9.17) is 0 Å². The zero-order valence-electron chi connectivity index (χ0n) is 10.2. The average molecular weight is 245 g/mol. The molecule has 0 aliphatic carbocycles. The predicted molar refractivity (Wildman–Crippen MR) is 66.4 cm³/mol. The summed E-state index contributed by atoms with van der Waals surface area (Å²) in [6.45, 7) is 1.91. The quantitative estimate of drug-likeness (QED) is 0.637. The number of rotatable bonds is 3. The Balaban J connectivity index is 2.21. The Labute approximate surface area is 105 Å². The second-order valence-electron chi connectivity index (χ2n) is 4.47. The Bertz CT molecular complexity index is 481. The SMILES string of the molecule is CC(=O)C1CCNC(C(=O)c2ccccc2)C1=O. The van der Waals surface area contributed by atoms with Crippen molar-refractivity contribution in [3.8, 4) is 0 Å². The van der Waals surface area contributed by atoms with Crippen LogP contribution in [0.2, 0.25) is 0 Å². The summed E-state index contributed by atoms with van der Waals surface area (Å²) < 4.78 is 0. The molecule has 1 aliphatic heterocycles. The lowest BCUT2D eigenvalue weighted by Gasteiger charge is -2.26. The first-order valence-corrected chi connectivity index (χ1v) is 5.98. The highest BCUT2D eigenvalue weighted by molar-refractivity contribution is 6.19. The highest BCUT2D eigenvalue weighted by Crippen LogP contribution is 2.16. The highest BCUT2D eigenvalue weighted by Gasteiger charge is 2.37. The van der Waals surface area contributed by atoms with Gasteiger partial charge in [0.15, 0.2) is 11.6 Å². The van der Waals surface area contributed by atoms with Crippen molar-refractivity contribution in [2.75, 3.05) is 6.54 Å². The summed E-state index contributed by atoms with van der Waals surface area (Å²) in [4.78, 5) is 35.6. The minimum atomic E-state index is -0.880. The molecule has 1 fully saturated rings. The number of Topliss-reactive ketones (excluding diaryl/α,β-unsaturated/α-hetero) is 3. The molecule has 2 unspecified atom stereocenters. The van der Waals surface area contributed by atoms with Gasteiger partial charge in [-0.15, -0.1) is 0 Å². The topological polar surface area (TPSA) is 63.2 Å². The van der Waals surface area contributed by atoms with Crippen molar-refractivity contribution in [1.82, 2.24) is 5.32 Å². The molecule has 0 amide bonds. The normalized spacial score (nSPS) is 23.7. The second kappa shape index (κ2) is 5.23. The van der Waals surface area contributed by atoms with Crippen molar-refractivity contribution < 1.29 is 14.4 Å². The summed E-state index contributed by atoms with van der Waals surface area (Å²) in [5, 5.41) is 2.90. The number of piperidine rings is 1. The van der Waals surface area contributed by atoms with Gasteiger partial charge in [0.1, 0.15) is 11.8 Å². The van der Waals surface area contributed by atoms with Crippen LogP contribution < -0.4 is 5.32 Å². The summed E-state index contributed by atoms with van der Waals surface area (Å²) in [6.07, 6.45) is 0.479. The summed E-state index contributed by atoms with van der Waals surface area (Å²) in [5.74, 6) is -1.36. The van der Waals surface area contributed by atoms with E-state index in [1.807, 2.05) is 6.07 Å². The Morgan fingerprint density at radius 2 is 1.89 bits per heavy atom. The minimum absolute atomic E-state index is 0.160. The summed E-state index contributed by atoms with van der Waals surface area (Å²) >= 11 is 0. The molecule has 0 spiro atoms. The molecule has 0 aromatic heterocycles. The average Bonchev–Trinajstić information content (AvgIpc) is 2.39. The van der Waals surface area contributed by atoms with E-state index in [0.717, 1.165) is 0 Å². The zero-order valence-corrected chi connectivity index (χ0v) is 10.2. The van der Waals surface area contributed by atoms with E-state index >= 15 is 0 Å². The van der Waals surface area contributed by atoms with E-state index in [0.29, 0.717) is 18.5 Å². The van der Waals surface area contributed by atoms with Gasteiger partial charge in [0.25, 0.3) is 0 Å². The lowest BCUT2D eigenvalue weighted by atomic mass is 9.85. The van der Waals surface area contributed by atoms with Crippen molar-refractivity contribution in [3.05, 3.63) is 35.9 Å². The van der Waals surface area contributed by atoms with Gasteiger partial charge in [-0.05, 0) is 19.9 Å². The first-order valence-electron chi connectivity index (χ1n) is 5.98. The first-order chi connectivity index (χ1) is 8.61. The van der Waals surface area contributed by atoms with Gasteiger partial charge in [-0.25, -0.2) is 0 Å². The van der Waals surface area contributed by atoms with Gasteiger partial charge in [0.2, 0.25) is 0 Å². The number of nitrogens with one attached hydrogen (secondary N) is 1. The van der Waals surface area contributed by atoms with E-state index in [-0.39, 0.29) is 17.3 Å². The van der Waals surface area contributed by atoms with Crippen molar-refractivity contribution in [2.24, 2.45) is 5.92 Å². The maximum absolute atomic E-state index is 12.2. The molecular formula is C14H15NO3. The molecule has 0 radical (unpaired) electrons. The van der Waals surface area contributed by atoms with E-state index in [1.54, 1.807) is 24.3 Å². The fourth-order valence-electron chi connectivity index (χ4n) is 2.21. The third-order valence-corrected chi connectivity index (χ3v) is 3.22. The number of ketones is 3. The fraction of sp³-hybridized carbons (Fsp3) is 0.357. The van der Waals surface area contributed by atoms with Crippen LogP contribution in [0, 0.1) is 5.92 Å². The van der Waals surface area contributed by atoms with Crippen LogP contribution in [0.1, 0.15) is 23.7 Å². The van der Waals surface area contributed by atoms with Crippen molar-refractivity contribution in [2.45, 2.75) is 19.4 Å². The minimum Gasteiger partial charge on any atom is -0.301 e. The Morgan fingerprint density at radius 3 is 2.50 bits per heavy atom. The second-order valence-corrected chi connectivity index (χ2v) is 4.47. The molecule has 18 heavy (non-hydrogen) atoms. The zero-order chi connectivity index (χ0) is 13.1. The maximum Gasteiger partial charge on any atom is 0.187 e. The van der Waals surface area contributed by atoms with E-state index in [2.05, 4.69) is 5.32 Å². The Hall–Kier alpha value is -1.81. The van der Waals surface area contributed by atoms with Crippen LogP contribution in [0.4, 0.5) is 0 Å². The van der Waals surface area contributed by atoms with Crippen molar-refractivity contribution in [1.29, 1.82) is 0 Å². The Kier molecular flexibility index (Phi) is 3.67. The molecule has 94 valence electrons. The first kappa shape index (κ1) is 12.6. The highest BCUT2D eigenvalue weighted by atomic mass is 16.2. The summed E-state index contributed by atoms with van der Waals surface area (Å²) in [7, 11) is 0. The molecular weight excluding hydrogens is 230 g/mol. The molecule has 1 aliphatic rings. The molecule has 0 saturated carbocycles. The molecule has 1 heterocycles. The number of hydrogen-bond donors (Lipinski definition) is 1. The van der Waals surface area contributed by atoms with Crippen molar-refractivity contribution in [3.63, 3.8) is 0 Å².